The quantitative estimate of drug-likeness (QED) is 0.892. The van der Waals surface area contributed by atoms with Crippen LogP contribution in [0.4, 0.5) is 0 Å². The molecule has 17 heavy (non-hydrogen) atoms. The molecule has 1 N–H and O–H groups in total. The molecule has 1 fully saturated rings. The van der Waals surface area contributed by atoms with E-state index in [9.17, 15) is 0 Å². The monoisotopic (exact) mass is 253 g/mol. The molecule has 0 amide bonds. The van der Waals surface area contributed by atoms with Crippen molar-refractivity contribution in [2.75, 3.05) is 20.2 Å². The minimum absolute atomic E-state index is 0.648. The van der Waals surface area contributed by atoms with Crippen LogP contribution < -0.4 is 10.1 Å². The summed E-state index contributed by atoms with van der Waals surface area (Å²) in [7, 11) is 1.67. The molecular weight excluding hydrogens is 234 g/mol. The third-order valence-electron chi connectivity index (χ3n) is 3.57. The van der Waals surface area contributed by atoms with E-state index in [4.69, 9.17) is 16.3 Å². The Morgan fingerprint density at radius 1 is 1.35 bits per heavy atom. The number of hydrogen-bond donors (Lipinski definition) is 1. The highest BCUT2D eigenvalue weighted by atomic mass is 35.5. The zero-order chi connectivity index (χ0) is 12.3. The van der Waals surface area contributed by atoms with Crippen LogP contribution in [0, 0.1) is 0 Å². The fraction of sp³-hybridized carbons (Fsp3) is 0.571. The summed E-state index contributed by atoms with van der Waals surface area (Å²) in [5.74, 6) is 1.44. The maximum atomic E-state index is 6.24. The largest absolute Gasteiger partial charge is 0.495 e. The summed E-state index contributed by atoms with van der Waals surface area (Å²) in [6.45, 7) is 4.40. The van der Waals surface area contributed by atoms with Gasteiger partial charge in [0.05, 0.1) is 12.1 Å². The van der Waals surface area contributed by atoms with Gasteiger partial charge >= 0.3 is 0 Å². The average molecular weight is 254 g/mol. The molecule has 0 aliphatic carbocycles. The first-order valence-electron chi connectivity index (χ1n) is 6.33. The summed E-state index contributed by atoms with van der Waals surface area (Å²) >= 11 is 6.24. The Kier molecular flexibility index (Phi) is 4.30. The minimum atomic E-state index is 0.648. The molecular formula is C14H20ClNO. The number of methoxy groups -OCH3 is 1. The summed E-state index contributed by atoms with van der Waals surface area (Å²) in [5.41, 5.74) is 2.79. The van der Waals surface area contributed by atoms with Gasteiger partial charge in [-0.15, -0.1) is 0 Å². The smallest absolute Gasteiger partial charge is 0.137 e. The molecule has 0 unspecified atom stereocenters. The molecule has 1 aliphatic heterocycles. The van der Waals surface area contributed by atoms with Gasteiger partial charge in [0, 0.05) is 0 Å². The average Bonchev–Trinajstić information content (AvgIpc) is 2.39. The van der Waals surface area contributed by atoms with Crippen LogP contribution in [0.3, 0.4) is 0 Å². The molecule has 2 rings (SSSR count). The second-order valence-electron chi connectivity index (χ2n) is 4.56. The van der Waals surface area contributed by atoms with Crippen LogP contribution in [0.2, 0.25) is 5.02 Å². The van der Waals surface area contributed by atoms with E-state index in [2.05, 4.69) is 24.4 Å². The zero-order valence-corrected chi connectivity index (χ0v) is 11.3. The van der Waals surface area contributed by atoms with E-state index in [1.54, 1.807) is 7.11 Å². The highest BCUT2D eigenvalue weighted by Gasteiger charge is 2.19. The van der Waals surface area contributed by atoms with Crippen LogP contribution in [0.5, 0.6) is 5.75 Å². The predicted octanol–water partition coefficient (Wildman–Crippen LogP) is 3.38. The molecule has 0 aromatic heterocycles. The fourth-order valence-corrected chi connectivity index (χ4v) is 2.84. The van der Waals surface area contributed by atoms with Crippen LogP contribution in [0.25, 0.3) is 0 Å². The predicted molar refractivity (Wildman–Crippen MR) is 72.2 cm³/mol. The maximum absolute atomic E-state index is 6.24. The lowest BCUT2D eigenvalue weighted by molar-refractivity contribution is 0.413. The number of rotatable bonds is 3. The first-order chi connectivity index (χ1) is 8.26. The molecule has 0 saturated carbocycles. The van der Waals surface area contributed by atoms with E-state index in [0.29, 0.717) is 5.92 Å². The van der Waals surface area contributed by atoms with E-state index >= 15 is 0 Å². The highest BCUT2D eigenvalue weighted by molar-refractivity contribution is 6.32. The second-order valence-corrected chi connectivity index (χ2v) is 4.97. The van der Waals surface area contributed by atoms with Crippen LogP contribution in [0.1, 0.15) is 36.8 Å². The molecule has 1 saturated heterocycles. The van der Waals surface area contributed by atoms with Crippen LogP contribution >= 0.6 is 11.6 Å². The molecule has 94 valence electrons. The molecule has 0 radical (unpaired) electrons. The van der Waals surface area contributed by atoms with E-state index in [1.807, 2.05) is 0 Å². The summed E-state index contributed by atoms with van der Waals surface area (Å²) in [5, 5.41) is 4.14. The standard InChI is InChI=1S/C14H20ClNO/c1-3-10-8-14(17-2)13(15)9-12(10)11-4-6-16-7-5-11/h8-9,11,16H,3-7H2,1-2H3. The third kappa shape index (κ3) is 2.75. The molecule has 1 aromatic carbocycles. The SMILES string of the molecule is CCc1cc(OC)c(Cl)cc1C1CCNCC1. The van der Waals surface area contributed by atoms with Crippen LogP contribution in [0.15, 0.2) is 12.1 Å². The lowest BCUT2D eigenvalue weighted by Gasteiger charge is -2.25. The van der Waals surface area contributed by atoms with Gasteiger partial charge in [-0.3, -0.25) is 0 Å². The van der Waals surface area contributed by atoms with Gasteiger partial charge in [0.25, 0.3) is 0 Å². The number of nitrogens with one attached hydrogen (secondary N) is 1. The van der Waals surface area contributed by atoms with Gasteiger partial charge < -0.3 is 10.1 Å². The van der Waals surface area contributed by atoms with Gasteiger partial charge in [0.1, 0.15) is 5.75 Å². The number of hydrogen-bond acceptors (Lipinski definition) is 2. The minimum Gasteiger partial charge on any atom is -0.495 e. The van der Waals surface area contributed by atoms with E-state index in [0.717, 1.165) is 30.3 Å². The molecule has 1 aliphatic rings. The van der Waals surface area contributed by atoms with Crippen molar-refractivity contribution in [3.63, 3.8) is 0 Å². The molecule has 0 bridgehead atoms. The van der Waals surface area contributed by atoms with Crippen molar-refractivity contribution in [2.45, 2.75) is 32.1 Å². The van der Waals surface area contributed by atoms with Crippen molar-refractivity contribution in [3.8, 4) is 5.75 Å². The summed E-state index contributed by atoms with van der Waals surface area (Å²) in [6.07, 6.45) is 3.44. The van der Waals surface area contributed by atoms with Gasteiger partial charge in [0.15, 0.2) is 0 Å². The number of aryl methyl sites for hydroxylation is 1. The van der Waals surface area contributed by atoms with E-state index in [1.165, 1.54) is 24.0 Å². The molecule has 3 heteroatoms. The number of ether oxygens (including phenoxy) is 1. The van der Waals surface area contributed by atoms with Crippen molar-refractivity contribution >= 4 is 11.6 Å². The van der Waals surface area contributed by atoms with Gasteiger partial charge in [0.2, 0.25) is 0 Å². The van der Waals surface area contributed by atoms with E-state index < -0.39 is 0 Å². The third-order valence-corrected chi connectivity index (χ3v) is 3.87. The first-order valence-corrected chi connectivity index (χ1v) is 6.71. The Balaban J connectivity index is 2.34. The second kappa shape index (κ2) is 5.74. The van der Waals surface area contributed by atoms with Gasteiger partial charge in [-0.25, -0.2) is 0 Å². The number of benzene rings is 1. The fourth-order valence-electron chi connectivity index (χ4n) is 2.59. The van der Waals surface area contributed by atoms with Gasteiger partial charge in [-0.05, 0) is 61.5 Å². The topological polar surface area (TPSA) is 21.3 Å². The van der Waals surface area contributed by atoms with E-state index in [-0.39, 0.29) is 0 Å². The van der Waals surface area contributed by atoms with Crippen molar-refractivity contribution in [3.05, 3.63) is 28.3 Å². The van der Waals surface area contributed by atoms with Crippen molar-refractivity contribution in [1.82, 2.24) is 5.32 Å². The molecule has 1 aromatic rings. The Morgan fingerprint density at radius 2 is 2.06 bits per heavy atom. The molecule has 0 spiro atoms. The van der Waals surface area contributed by atoms with Gasteiger partial charge in [-0.1, -0.05) is 18.5 Å². The van der Waals surface area contributed by atoms with Crippen molar-refractivity contribution < 1.29 is 4.74 Å². The number of halogens is 1. The van der Waals surface area contributed by atoms with Crippen LogP contribution in [-0.2, 0) is 6.42 Å². The molecule has 1 heterocycles. The summed E-state index contributed by atoms with van der Waals surface area (Å²) in [4.78, 5) is 0. The van der Waals surface area contributed by atoms with Crippen LogP contribution in [-0.4, -0.2) is 20.2 Å². The zero-order valence-electron chi connectivity index (χ0n) is 10.6. The normalized spacial score (nSPS) is 17.1. The lowest BCUT2D eigenvalue weighted by Crippen LogP contribution is -2.27. The van der Waals surface area contributed by atoms with Crippen molar-refractivity contribution in [1.29, 1.82) is 0 Å². The Bertz CT molecular complexity index is 386. The first kappa shape index (κ1) is 12.7. The Hall–Kier alpha value is -0.730. The Morgan fingerprint density at radius 3 is 2.65 bits per heavy atom. The van der Waals surface area contributed by atoms with Gasteiger partial charge in [-0.2, -0.15) is 0 Å². The summed E-state index contributed by atoms with van der Waals surface area (Å²) in [6, 6.07) is 4.20. The summed E-state index contributed by atoms with van der Waals surface area (Å²) < 4.78 is 5.29. The van der Waals surface area contributed by atoms with Crippen molar-refractivity contribution in [2.24, 2.45) is 0 Å². The molecule has 2 nitrogen and oxygen atoms in total. The highest BCUT2D eigenvalue weighted by Crippen LogP contribution is 2.35. The maximum Gasteiger partial charge on any atom is 0.137 e. The Labute approximate surface area is 108 Å². The molecule has 0 atom stereocenters. The number of piperidine rings is 1. The lowest BCUT2D eigenvalue weighted by atomic mass is 9.86.